The van der Waals surface area contributed by atoms with E-state index in [1.165, 1.54) is 24.3 Å². The number of hydrogen-bond acceptors (Lipinski definition) is 10. The van der Waals surface area contributed by atoms with Crippen LogP contribution in [-0.4, -0.2) is 42.7 Å². The zero-order valence-electron chi connectivity index (χ0n) is 13.2. The van der Waals surface area contributed by atoms with E-state index in [-0.39, 0.29) is 18.0 Å². The fourth-order valence-corrected chi connectivity index (χ4v) is 3.39. The number of nitrogens with zero attached hydrogens (tertiary/aromatic N) is 6. The lowest BCUT2D eigenvalue weighted by Crippen LogP contribution is -2.53. The Balaban J connectivity index is 1.63. The Labute approximate surface area is 149 Å². The van der Waals surface area contributed by atoms with Crippen LogP contribution in [0.3, 0.4) is 0 Å². The molecule has 0 bridgehead atoms. The molecule has 1 saturated carbocycles. The van der Waals surface area contributed by atoms with Gasteiger partial charge < -0.3 is 9.29 Å². The van der Waals surface area contributed by atoms with Gasteiger partial charge in [-0.2, -0.15) is 0 Å². The van der Waals surface area contributed by atoms with Crippen LogP contribution in [0.5, 0.6) is 5.75 Å². The van der Waals surface area contributed by atoms with Crippen molar-refractivity contribution < 1.29 is 23.2 Å². The van der Waals surface area contributed by atoms with E-state index in [1.54, 1.807) is 0 Å². The summed E-state index contributed by atoms with van der Waals surface area (Å²) < 4.78 is 29.3. The summed E-state index contributed by atoms with van der Waals surface area (Å²) in [5, 5.41) is 24.6. The second-order valence-electron chi connectivity index (χ2n) is 5.63. The zero-order valence-corrected chi connectivity index (χ0v) is 14.0. The molecule has 13 heteroatoms. The highest BCUT2D eigenvalue weighted by molar-refractivity contribution is 7.76. The van der Waals surface area contributed by atoms with Gasteiger partial charge in [0.1, 0.15) is 5.75 Å². The number of benzene rings is 1. The van der Waals surface area contributed by atoms with Crippen molar-refractivity contribution in [2.24, 2.45) is 26.6 Å². The fourth-order valence-electron chi connectivity index (χ4n) is 2.66. The van der Waals surface area contributed by atoms with E-state index in [1.807, 2.05) is 0 Å². The number of non-ortho nitro benzene ring substituents is 1. The van der Waals surface area contributed by atoms with Crippen LogP contribution in [0.15, 0.2) is 44.9 Å². The molecular weight excluding hydrogens is 368 g/mol. The smallest absolute Gasteiger partial charge is 0.315 e. The normalized spacial score (nSPS) is 23.0. The van der Waals surface area contributed by atoms with Gasteiger partial charge in [0.15, 0.2) is 6.17 Å². The van der Waals surface area contributed by atoms with Crippen molar-refractivity contribution in [2.45, 2.75) is 25.0 Å². The van der Waals surface area contributed by atoms with Crippen LogP contribution in [0.4, 0.5) is 5.69 Å². The van der Waals surface area contributed by atoms with E-state index < -0.39 is 40.3 Å². The van der Waals surface area contributed by atoms with Crippen molar-refractivity contribution in [3.63, 3.8) is 0 Å². The summed E-state index contributed by atoms with van der Waals surface area (Å²) in [6.45, 7) is -0.0604. The Hall–Kier alpha value is -2.64. The van der Waals surface area contributed by atoms with Gasteiger partial charge in [0.25, 0.3) is 5.69 Å². The maximum Gasteiger partial charge on any atom is 0.315 e. The molecule has 1 aromatic rings. The van der Waals surface area contributed by atoms with Crippen LogP contribution in [0.25, 0.3) is 0 Å². The lowest BCUT2D eigenvalue weighted by Gasteiger charge is -2.43. The third kappa shape index (κ3) is 3.95. The van der Waals surface area contributed by atoms with E-state index in [0.717, 1.165) is 4.31 Å². The average molecular weight is 381 g/mol. The number of ether oxygens (including phenoxy) is 1. The van der Waals surface area contributed by atoms with Gasteiger partial charge in [0.05, 0.1) is 17.4 Å². The van der Waals surface area contributed by atoms with Crippen LogP contribution in [0.1, 0.15) is 12.8 Å². The van der Waals surface area contributed by atoms with E-state index in [2.05, 4.69) is 20.7 Å². The highest BCUT2D eigenvalue weighted by Crippen LogP contribution is 2.35. The quantitative estimate of drug-likeness (QED) is 0.229. The number of rotatable bonds is 7. The summed E-state index contributed by atoms with van der Waals surface area (Å²) in [5.74, 6) is -1.09. The number of carbonyl (C=O) groups excluding carboxylic acids is 1. The zero-order chi connectivity index (χ0) is 18.7. The Morgan fingerprint density at radius 2 is 1.92 bits per heavy atom. The SMILES string of the molecule is O=C(Oc1ccc([N+](=O)[O-])cc1)C1CCC1N(CC1N=NN=N1)S(=O)[O-]. The van der Waals surface area contributed by atoms with E-state index >= 15 is 0 Å². The van der Waals surface area contributed by atoms with E-state index in [0.29, 0.717) is 12.8 Å². The third-order valence-electron chi connectivity index (χ3n) is 4.12. The molecule has 1 aromatic carbocycles. The first-order valence-electron chi connectivity index (χ1n) is 7.58. The molecule has 0 N–H and O–H groups in total. The molecular formula is C13H13N6O6S-. The number of nitro benzene ring substituents is 1. The third-order valence-corrected chi connectivity index (χ3v) is 4.92. The molecule has 1 heterocycles. The first kappa shape index (κ1) is 18.2. The molecule has 3 unspecified atom stereocenters. The summed E-state index contributed by atoms with van der Waals surface area (Å²) >= 11 is -2.57. The second kappa shape index (κ2) is 7.72. The van der Waals surface area contributed by atoms with Gasteiger partial charge in [0.2, 0.25) is 0 Å². The monoisotopic (exact) mass is 381 g/mol. The van der Waals surface area contributed by atoms with Gasteiger partial charge in [-0.15, -0.1) is 10.2 Å². The standard InChI is InChI=1S/C13H14N6O6S/c20-13(25-9-3-1-8(2-4-9)19(21)22)10-5-6-11(10)18(26(23)24)7-12-14-16-17-15-12/h1-4,10-12H,5-7H2,(H,23,24)/p-1. The highest BCUT2D eigenvalue weighted by atomic mass is 32.2. The summed E-state index contributed by atoms with van der Waals surface area (Å²) in [4.78, 5) is 22.4. The predicted molar refractivity (Wildman–Crippen MR) is 84.4 cm³/mol. The molecule has 1 aliphatic carbocycles. The molecule has 0 saturated heterocycles. The van der Waals surface area contributed by atoms with Crippen LogP contribution >= 0.6 is 0 Å². The summed E-state index contributed by atoms with van der Waals surface area (Å²) in [6, 6.07) is 4.50. The minimum absolute atomic E-state index is 0.0604. The lowest BCUT2D eigenvalue weighted by atomic mass is 9.79. The molecule has 3 rings (SSSR count). The van der Waals surface area contributed by atoms with Gasteiger partial charge in [-0.25, -0.2) is 4.31 Å². The van der Waals surface area contributed by atoms with Crippen LogP contribution in [-0.2, 0) is 16.1 Å². The number of hydrogen-bond donors (Lipinski definition) is 0. The topological polar surface area (TPSA) is 162 Å². The van der Waals surface area contributed by atoms with Crippen LogP contribution in [0.2, 0.25) is 0 Å². The molecule has 26 heavy (non-hydrogen) atoms. The molecule has 0 aromatic heterocycles. The van der Waals surface area contributed by atoms with Gasteiger partial charge >= 0.3 is 5.97 Å². The predicted octanol–water partition coefficient (Wildman–Crippen LogP) is 1.53. The fraction of sp³-hybridized carbons (Fsp3) is 0.462. The minimum atomic E-state index is -2.57. The Bertz CT molecular complexity index is 772. The van der Waals surface area contributed by atoms with Gasteiger partial charge in [-0.1, -0.05) is 0 Å². The Morgan fingerprint density at radius 1 is 1.27 bits per heavy atom. The van der Waals surface area contributed by atoms with Crippen molar-refractivity contribution in [1.82, 2.24) is 4.31 Å². The molecule has 1 aliphatic heterocycles. The van der Waals surface area contributed by atoms with Crippen molar-refractivity contribution in [3.8, 4) is 5.75 Å². The number of esters is 1. The molecule has 0 radical (unpaired) electrons. The maximum atomic E-state index is 12.3. The van der Waals surface area contributed by atoms with Crippen LogP contribution < -0.4 is 4.74 Å². The first-order chi connectivity index (χ1) is 12.5. The molecule has 12 nitrogen and oxygen atoms in total. The summed E-state index contributed by atoms with van der Waals surface area (Å²) in [5.41, 5.74) is -0.126. The molecule has 1 fully saturated rings. The summed E-state index contributed by atoms with van der Waals surface area (Å²) in [6.07, 6.45) is 0.243. The molecule has 0 spiro atoms. The van der Waals surface area contributed by atoms with Gasteiger partial charge in [-0.05, 0) is 35.4 Å². The lowest BCUT2D eigenvalue weighted by molar-refractivity contribution is -0.384. The Kier molecular flexibility index (Phi) is 5.39. The van der Waals surface area contributed by atoms with Gasteiger partial charge in [0, 0.05) is 29.4 Å². The van der Waals surface area contributed by atoms with Crippen molar-refractivity contribution >= 4 is 22.9 Å². The van der Waals surface area contributed by atoms with Crippen molar-refractivity contribution in [3.05, 3.63) is 34.4 Å². The first-order valence-corrected chi connectivity index (χ1v) is 8.61. The largest absolute Gasteiger partial charge is 0.760 e. The van der Waals surface area contributed by atoms with E-state index in [9.17, 15) is 23.7 Å². The second-order valence-corrected chi connectivity index (χ2v) is 6.53. The average Bonchev–Trinajstić information content (AvgIpc) is 3.06. The minimum Gasteiger partial charge on any atom is -0.760 e. The molecule has 0 amide bonds. The highest BCUT2D eigenvalue weighted by Gasteiger charge is 2.43. The maximum absolute atomic E-state index is 12.3. The summed E-state index contributed by atoms with van der Waals surface area (Å²) in [7, 11) is 0. The van der Waals surface area contributed by atoms with E-state index in [4.69, 9.17) is 4.74 Å². The number of nitro groups is 1. The van der Waals surface area contributed by atoms with Crippen molar-refractivity contribution in [1.29, 1.82) is 0 Å². The molecule has 138 valence electrons. The van der Waals surface area contributed by atoms with Crippen molar-refractivity contribution in [2.75, 3.05) is 6.54 Å². The molecule has 3 atom stereocenters. The van der Waals surface area contributed by atoms with Gasteiger partial charge in [-0.3, -0.25) is 19.1 Å². The molecule has 2 aliphatic rings. The number of carbonyl (C=O) groups is 1. The van der Waals surface area contributed by atoms with Crippen LogP contribution in [0, 0.1) is 16.0 Å². The Morgan fingerprint density at radius 3 is 2.42 bits per heavy atom.